The Morgan fingerprint density at radius 1 is 1.17 bits per heavy atom. The number of benzene rings is 1. The summed E-state index contributed by atoms with van der Waals surface area (Å²) in [6.07, 6.45) is 0. The average Bonchev–Trinajstić information content (AvgIpc) is 3.25. The lowest BCUT2D eigenvalue weighted by molar-refractivity contribution is -0.129. The van der Waals surface area contributed by atoms with Crippen LogP contribution in [0.3, 0.4) is 0 Å². The molecule has 0 radical (unpaired) electrons. The molecule has 2 aromatic rings. The lowest BCUT2D eigenvalue weighted by Crippen LogP contribution is -2.50. The molecule has 1 amide bonds. The van der Waals surface area contributed by atoms with E-state index in [0.717, 1.165) is 0 Å². The summed E-state index contributed by atoms with van der Waals surface area (Å²) in [5.41, 5.74) is 0. The number of anilines is 1. The van der Waals surface area contributed by atoms with E-state index in [-0.39, 0.29) is 29.6 Å². The molecule has 1 saturated heterocycles. The van der Waals surface area contributed by atoms with Crippen LogP contribution in [0.25, 0.3) is 0 Å². The zero-order valence-electron chi connectivity index (χ0n) is 16.2. The molecule has 0 unspecified atom stereocenters. The normalized spacial score (nSPS) is 17.0. The van der Waals surface area contributed by atoms with Crippen molar-refractivity contribution in [2.45, 2.75) is 9.24 Å². The molecule has 30 heavy (non-hydrogen) atoms. The number of nitrogens with zero attached hydrogens (tertiary/aromatic N) is 4. The maximum Gasteiger partial charge on any atom is 0.243 e. The van der Waals surface area contributed by atoms with Gasteiger partial charge in [0.15, 0.2) is 15.8 Å². The topological polar surface area (TPSA) is 114 Å². The molecule has 0 saturated carbocycles. The average molecular weight is 472 g/mol. The van der Waals surface area contributed by atoms with Crippen LogP contribution in [-0.2, 0) is 14.8 Å². The van der Waals surface area contributed by atoms with Crippen LogP contribution in [-0.4, -0.2) is 85.9 Å². The van der Waals surface area contributed by atoms with Crippen molar-refractivity contribution in [3.63, 3.8) is 0 Å². The number of thioether (sulfide) groups is 1. The van der Waals surface area contributed by atoms with E-state index < -0.39 is 10.0 Å². The number of piperazine rings is 1. The van der Waals surface area contributed by atoms with Gasteiger partial charge >= 0.3 is 0 Å². The third-order valence-corrected chi connectivity index (χ3v) is 8.64. The van der Waals surface area contributed by atoms with Gasteiger partial charge < -0.3 is 19.7 Å². The Kier molecular flexibility index (Phi) is 6.32. The maximum atomic E-state index is 13.0. The van der Waals surface area contributed by atoms with E-state index >= 15 is 0 Å². The van der Waals surface area contributed by atoms with Crippen molar-refractivity contribution in [2.24, 2.45) is 0 Å². The number of ether oxygens (including phenoxy) is 2. The SMILES string of the molecule is CNc1nnc(SCC(=O)N2CCN(S(=O)(=O)c3ccc4c(c3)OCCO4)CC2)s1. The van der Waals surface area contributed by atoms with Gasteiger partial charge in [-0.05, 0) is 12.1 Å². The third-order valence-electron chi connectivity index (χ3n) is 4.68. The molecule has 1 N–H and O–H groups in total. The Bertz CT molecular complexity index is 1020. The van der Waals surface area contributed by atoms with E-state index in [9.17, 15) is 13.2 Å². The molecular weight excluding hydrogens is 450 g/mol. The van der Waals surface area contributed by atoms with Crippen LogP contribution in [0.15, 0.2) is 27.4 Å². The number of nitrogens with one attached hydrogen (secondary N) is 1. The highest BCUT2D eigenvalue weighted by Gasteiger charge is 2.31. The molecule has 1 aromatic heterocycles. The number of aromatic nitrogens is 2. The van der Waals surface area contributed by atoms with Crippen molar-refractivity contribution < 1.29 is 22.7 Å². The first kappa shape index (κ1) is 21.2. The molecular formula is C17H21N5O5S3. The van der Waals surface area contributed by atoms with Gasteiger partial charge in [-0.2, -0.15) is 4.31 Å². The second-order valence-electron chi connectivity index (χ2n) is 6.50. The Hall–Kier alpha value is -2.09. The van der Waals surface area contributed by atoms with Crippen LogP contribution in [0, 0.1) is 0 Å². The molecule has 3 heterocycles. The van der Waals surface area contributed by atoms with Crippen LogP contribution < -0.4 is 14.8 Å². The molecule has 0 spiro atoms. The summed E-state index contributed by atoms with van der Waals surface area (Å²) in [5, 5.41) is 11.5. The largest absolute Gasteiger partial charge is 0.486 e. The van der Waals surface area contributed by atoms with E-state index in [1.54, 1.807) is 18.0 Å². The Labute approximate surface area is 182 Å². The number of amides is 1. The number of sulfonamides is 1. The number of hydrogen-bond acceptors (Lipinski definition) is 10. The lowest BCUT2D eigenvalue weighted by atomic mass is 10.3. The summed E-state index contributed by atoms with van der Waals surface area (Å²) < 4.78 is 39.0. The van der Waals surface area contributed by atoms with E-state index in [1.165, 1.54) is 39.5 Å². The highest BCUT2D eigenvalue weighted by molar-refractivity contribution is 8.01. The number of rotatable bonds is 6. The van der Waals surface area contributed by atoms with Crippen molar-refractivity contribution in [1.29, 1.82) is 0 Å². The number of fused-ring (bicyclic) bond motifs is 1. The molecule has 2 aliphatic rings. The smallest absolute Gasteiger partial charge is 0.243 e. The minimum absolute atomic E-state index is 0.0439. The van der Waals surface area contributed by atoms with Gasteiger partial charge in [0.1, 0.15) is 13.2 Å². The standard InChI is InChI=1S/C17H21N5O5S3/c1-18-16-19-20-17(29-16)28-11-15(23)21-4-6-22(7-5-21)30(24,25)12-2-3-13-14(10-12)27-9-8-26-13/h2-3,10H,4-9,11H2,1H3,(H,18,19). The minimum Gasteiger partial charge on any atom is -0.486 e. The Morgan fingerprint density at radius 2 is 1.90 bits per heavy atom. The van der Waals surface area contributed by atoms with Crippen molar-refractivity contribution in [1.82, 2.24) is 19.4 Å². The fourth-order valence-corrected chi connectivity index (χ4v) is 6.14. The van der Waals surface area contributed by atoms with Gasteiger partial charge in [-0.25, -0.2) is 8.42 Å². The number of carbonyl (C=O) groups is 1. The highest BCUT2D eigenvalue weighted by atomic mass is 32.2. The maximum absolute atomic E-state index is 13.0. The Balaban J connectivity index is 1.33. The molecule has 1 fully saturated rings. The molecule has 162 valence electrons. The van der Waals surface area contributed by atoms with Crippen LogP contribution in [0.5, 0.6) is 11.5 Å². The van der Waals surface area contributed by atoms with Crippen LogP contribution in [0.4, 0.5) is 5.13 Å². The van der Waals surface area contributed by atoms with Crippen molar-refractivity contribution in [3.8, 4) is 11.5 Å². The monoisotopic (exact) mass is 471 g/mol. The van der Waals surface area contributed by atoms with Gasteiger partial charge in [-0.3, -0.25) is 4.79 Å². The summed E-state index contributed by atoms with van der Waals surface area (Å²) in [4.78, 5) is 14.3. The summed E-state index contributed by atoms with van der Waals surface area (Å²) in [6, 6.07) is 4.64. The van der Waals surface area contributed by atoms with Crippen LogP contribution >= 0.6 is 23.1 Å². The number of hydrogen-bond donors (Lipinski definition) is 1. The minimum atomic E-state index is -3.67. The molecule has 13 heteroatoms. The van der Waals surface area contributed by atoms with E-state index in [0.29, 0.717) is 47.3 Å². The first-order valence-corrected chi connectivity index (χ1v) is 12.5. The first-order chi connectivity index (χ1) is 14.5. The molecule has 0 bridgehead atoms. The summed E-state index contributed by atoms with van der Waals surface area (Å²) in [7, 11) is -1.91. The number of carbonyl (C=O) groups excluding carboxylic acids is 1. The van der Waals surface area contributed by atoms with Crippen molar-refractivity contribution >= 4 is 44.2 Å². The van der Waals surface area contributed by atoms with Gasteiger partial charge in [0, 0.05) is 39.3 Å². The van der Waals surface area contributed by atoms with Gasteiger partial charge in [0.05, 0.1) is 10.6 Å². The predicted octanol–water partition coefficient (Wildman–Crippen LogP) is 0.976. The third kappa shape index (κ3) is 4.48. The second kappa shape index (κ2) is 8.96. The van der Waals surface area contributed by atoms with Gasteiger partial charge in [-0.15, -0.1) is 10.2 Å². The molecule has 0 atom stereocenters. The van der Waals surface area contributed by atoms with Crippen LogP contribution in [0.2, 0.25) is 0 Å². The molecule has 2 aliphatic heterocycles. The van der Waals surface area contributed by atoms with Crippen molar-refractivity contribution in [2.75, 3.05) is 57.5 Å². The molecule has 1 aromatic carbocycles. The van der Waals surface area contributed by atoms with Gasteiger partial charge in [0.25, 0.3) is 0 Å². The summed E-state index contributed by atoms with van der Waals surface area (Å²) >= 11 is 2.72. The molecule has 4 rings (SSSR count). The van der Waals surface area contributed by atoms with E-state index in [4.69, 9.17) is 9.47 Å². The zero-order valence-corrected chi connectivity index (χ0v) is 18.7. The fourth-order valence-electron chi connectivity index (χ4n) is 3.09. The van der Waals surface area contributed by atoms with Crippen LogP contribution in [0.1, 0.15) is 0 Å². The van der Waals surface area contributed by atoms with E-state index in [1.807, 2.05) is 0 Å². The Morgan fingerprint density at radius 3 is 2.60 bits per heavy atom. The highest BCUT2D eigenvalue weighted by Crippen LogP contribution is 2.33. The van der Waals surface area contributed by atoms with Gasteiger partial charge in [-0.1, -0.05) is 23.1 Å². The second-order valence-corrected chi connectivity index (χ2v) is 10.6. The predicted molar refractivity (Wildman–Crippen MR) is 113 cm³/mol. The summed E-state index contributed by atoms with van der Waals surface area (Å²) in [6.45, 7) is 2.03. The molecule has 0 aliphatic carbocycles. The first-order valence-electron chi connectivity index (χ1n) is 9.29. The fraction of sp³-hybridized carbons (Fsp3) is 0.471. The summed E-state index contributed by atoms with van der Waals surface area (Å²) in [5.74, 6) is 1.18. The lowest BCUT2D eigenvalue weighted by Gasteiger charge is -2.34. The van der Waals surface area contributed by atoms with E-state index in [2.05, 4.69) is 15.5 Å². The van der Waals surface area contributed by atoms with Gasteiger partial charge in [0.2, 0.25) is 21.1 Å². The quantitative estimate of drug-likeness (QED) is 0.616. The zero-order chi connectivity index (χ0) is 21.1. The van der Waals surface area contributed by atoms with Crippen molar-refractivity contribution in [3.05, 3.63) is 18.2 Å². The molecule has 10 nitrogen and oxygen atoms in total.